The van der Waals surface area contributed by atoms with Crippen molar-refractivity contribution in [3.8, 4) is 0 Å². The summed E-state index contributed by atoms with van der Waals surface area (Å²) in [5.41, 5.74) is 1.64. The maximum atomic E-state index is 12.5. The van der Waals surface area contributed by atoms with Gasteiger partial charge in [0.1, 0.15) is 5.92 Å². The van der Waals surface area contributed by atoms with Crippen LogP contribution >= 0.6 is 0 Å². The zero-order valence-electron chi connectivity index (χ0n) is 12.7. The minimum Gasteiger partial charge on any atom is -0.465 e. The van der Waals surface area contributed by atoms with E-state index in [0.717, 1.165) is 0 Å². The predicted molar refractivity (Wildman–Crippen MR) is 84.8 cm³/mol. The van der Waals surface area contributed by atoms with Crippen LogP contribution in [0.15, 0.2) is 59.3 Å². The quantitative estimate of drug-likeness (QED) is 0.732. The Labute approximate surface area is 133 Å². The molecule has 5 nitrogen and oxygen atoms in total. The number of fused-ring (bicyclic) bond motifs is 1. The number of aliphatic hydroxyl groups is 1. The Morgan fingerprint density at radius 2 is 2.04 bits per heavy atom. The van der Waals surface area contributed by atoms with Crippen molar-refractivity contribution in [2.24, 2.45) is 0 Å². The standard InChI is InChI=1S/C18H17NO4/c1-2-22-18(21)15(16(20)12-7-4-3-5-8-12)14-11-23-17-13(14)9-6-10-19-17/h3-11,15-16,20H,2H2,1H3/t15-,16+/m0/s1. The molecule has 0 spiro atoms. The largest absolute Gasteiger partial charge is 0.465 e. The van der Waals surface area contributed by atoms with Crippen molar-refractivity contribution in [3.05, 3.63) is 66.1 Å². The molecular formula is C18H17NO4. The number of carbonyl (C=O) groups is 1. The lowest BCUT2D eigenvalue weighted by Gasteiger charge is -2.21. The number of pyridine rings is 1. The molecule has 23 heavy (non-hydrogen) atoms. The van der Waals surface area contributed by atoms with E-state index in [1.807, 2.05) is 24.3 Å². The maximum Gasteiger partial charge on any atom is 0.316 e. The first kappa shape index (κ1) is 15.2. The van der Waals surface area contributed by atoms with E-state index >= 15 is 0 Å². The second-order valence-electron chi connectivity index (χ2n) is 5.13. The number of ether oxygens (including phenoxy) is 1. The molecule has 5 heteroatoms. The Kier molecular flexibility index (Phi) is 4.39. The molecule has 0 fully saturated rings. The number of benzene rings is 1. The van der Waals surface area contributed by atoms with Gasteiger partial charge in [0.2, 0.25) is 5.71 Å². The van der Waals surface area contributed by atoms with Gasteiger partial charge in [0.05, 0.1) is 19.0 Å². The molecule has 0 aliphatic rings. The van der Waals surface area contributed by atoms with Crippen molar-refractivity contribution in [3.63, 3.8) is 0 Å². The molecule has 0 aliphatic carbocycles. The average molecular weight is 311 g/mol. The van der Waals surface area contributed by atoms with E-state index in [0.29, 0.717) is 22.2 Å². The van der Waals surface area contributed by atoms with Gasteiger partial charge in [0.25, 0.3) is 0 Å². The summed E-state index contributed by atoms with van der Waals surface area (Å²) in [4.78, 5) is 16.6. The third kappa shape index (κ3) is 2.96. The van der Waals surface area contributed by atoms with Crippen molar-refractivity contribution in [1.82, 2.24) is 4.98 Å². The van der Waals surface area contributed by atoms with E-state index in [4.69, 9.17) is 9.15 Å². The molecule has 0 saturated carbocycles. The minimum atomic E-state index is -1.03. The second kappa shape index (κ2) is 6.62. The summed E-state index contributed by atoms with van der Waals surface area (Å²) in [6, 6.07) is 12.6. The molecule has 2 aromatic heterocycles. The minimum absolute atomic E-state index is 0.241. The van der Waals surface area contributed by atoms with Crippen LogP contribution < -0.4 is 0 Å². The zero-order chi connectivity index (χ0) is 16.2. The smallest absolute Gasteiger partial charge is 0.316 e. The van der Waals surface area contributed by atoms with E-state index < -0.39 is 18.0 Å². The molecule has 3 aromatic rings. The zero-order valence-corrected chi connectivity index (χ0v) is 12.7. The van der Waals surface area contributed by atoms with Gasteiger partial charge in [-0.15, -0.1) is 0 Å². The summed E-state index contributed by atoms with van der Waals surface area (Å²) in [6.45, 7) is 1.98. The van der Waals surface area contributed by atoms with E-state index in [9.17, 15) is 9.90 Å². The number of nitrogens with zero attached hydrogens (tertiary/aromatic N) is 1. The lowest BCUT2D eigenvalue weighted by molar-refractivity contribution is -0.148. The Morgan fingerprint density at radius 3 is 2.78 bits per heavy atom. The van der Waals surface area contributed by atoms with Crippen molar-refractivity contribution in [1.29, 1.82) is 0 Å². The molecule has 0 radical (unpaired) electrons. The first-order chi connectivity index (χ1) is 11.2. The van der Waals surface area contributed by atoms with Crippen LogP contribution in [0.2, 0.25) is 0 Å². The highest BCUT2D eigenvalue weighted by Gasteiger charge is 2.33. The maximum absolute atomic E-state index is 12.5. The first-order valence-electron chi connectivity index (χ1n) is 7.44. The predicted octanol–water partition coefficient (Wildman–Crippen LogP) is 3.21. The Morgan fingerprint density at radius 1 is 1.26 bits per heavy atom. The van der Waals surface area contributed by atoms with Gasteiger partial charge in [-0.1, -0.05) is 30.3 Å². The summed E-state index contributed by atoms with van der Waals surface area (Å²) in [5.74, 6) is -1.36. The molecule has 0 amide bonds. The van der Waals surface area contributed by atoms with Gasteiger partial charge in [0.15, 0.2) is 0 Å². The fourth-order valence-corrected chi connectivity index (χ4v) is 2.63. The van der Waals surface area contributed by atoms with Gasteiger partial charge in [-0.2, -0.15) is 0 Å². The number of esters is 1. The molecule has 1 aromatic carbocycles. The second-order valence-corrected chi connectivity index (χ2v) is 5.13. The Bertz CT molecular complexity index is 797. The van der Waals surface area contributed by atoms with E-state index in [1.54, 1.807) is 31.3 Å². The highest BCUT2D eigenvalue weighted by atomic mass is 16.5. The van der Waals surface area contributed by atoms with E-state index in [2.05, 4.69) is 4.98 Å². The van der Waals surface area contributed by atoms with Gasteiger partial charge < -0.3 is 14.3 Å². The van der Waals surface area contributed by atoms with Gasteiger partial charge in [0, 0.05) is 17.1 Å². The van der Waals surface area contributed by atoms with Crippen LogP contribution in [0.4, 0.5) is 0 Å². The molecule has 2 atom stereocenters. The van der Waals surface area contributed by atoms with Crippen molar-refractivity contribution in [2.45, 2.75) is 18.9 Å². The number of hydrogen-bond donors (Lipinski definition) is 1. The summed E-state index contributed by atoms with van der Waals surface area (Å²) >= 11 is 0. The molecule has 118 valence electrons. The fourth-order valence-electron chi connectivity index (χ4n) is 2.63. The summed E-state index contributed by atoms with van der Waals surface area (Å²) < 4.78 is 10.6. The third-order valence-corrected chi connectivity index (χ3v) is 3.71. The van der Waals surface area contributed by atoms with Crippen LogP contribution in [0.3, 0.4) is 0 Å². The summed E-state index contributed by atoms with van der Waals surface area (Å²) in [7, 11) is 0. The van der Waals surface area contributed by atoms with Gasteiger partial charge in [-0.25, -0.2) is 4.98 Å². The van der Waals surface area contributed by atoms with E-state index in [1.165, 1.54) is 6.26 Å². The molecule has 1 N–H and O–H groups in total. The first-order valence-corrected chi connectivity index (χ1v) is 7.44. The number of carbonyl (C=O) groups excluding carboxylic acids is 1. The van der Waals surface area contributed by atoms with Gasteiger partial charge in [-0.3, -0.25) is 4.79 Å². The summed E-state index contributed by atoms with van der Waals surface area (Å²) in [5, 5.41) is 11.4. The average Bonchev–Trinajstić information content (AvgIpc) is 3.00. The van der Waals surface area contributed by atoms with Crippen molar-refractivity contribution in [2.75, 3.05) is 6.61 Å². The summed E-state index contributed by atoms with van der Waals surface area (Å²) in [6.07, 6.45) is 2.05. The molecule has 3 rings (SSSR count). The monoisotopic (exact) mass is 311 g/mol. The lowest BCUT2D eigenvalue weighted by Crippen LogP contribution is -2.22. The normalized spacial score (nSPS) is 13.7. The number of furan rings is 1. The molecule has 0 unspecified atom stereocenters. The molecular weight excluding hydrogens is 294 g/mol. The Hall–Kier alpha value is -2.66. The number of aromatic nitrogens is 1. The third-order valence-electron chi connectivity index (χ3n) is 3.71. The highest BCUT2D eigenvalue weighted by Crippen LogP contribution is 2.36. The van der Waals surface area contributed by atoms with Crippen LogP contribution in [0, 0.1) is 0 Å². The van der Waals surface area contributed by atoms with Crippen LogP contribution in [0.5, 0.6) is 0 Å². The molecule has 0 aliphatic heterocycles. The number of hydrogen-bond acceptors (Lipinski definition) is 5. The molecule has 0 saturated heterocycles. The van der Waals surface area contributed by atoms with Crippen molar-refractivity contribution >= 4 is 17.1 Å². The van der Waals surface area contributed by atoms with Crippen LogP contribution in [-0.4, -0.2) is 22.7 Å². The van der Waals surface area contributed by atoms with Crippen molar-refractivity contribution < 1.29 is 19.1 Å². The highest BCUT2D eigenvalue weighted by molar-refractivity contribution is 5.87. The fraction of sp³-hybridized carbons (Fsp3) is 0.222. The van der Waals surface area contributed by atoms with Crippen LogP contribution in [-0.2, 0) is 9.53 Å². The number of aliphatic hydroxyl groups excluding tert-OH is 1. The SMILES string of the molecule is CCOC(=O)[C@@H](c1coc2ncccc12)[C@H](O)c1ccccc1. The molecule has 2 heterocycles. The number of rotatable bonds is 5. The van der Waals surface area contributed by atoms with E-state index in [-0.39, 0.29) is 6.61 Å². The molecule has 0 bridgehead atoms. The Balaban J connectivity index is 2.07. The van der Waals surface area contributed by atoms with Crippen LogP contribution in [0.25, 0.3) is 11.1 Å². The van der Waals surface area contributed by atoms with Crippen LogP contribution in [0.1, 0.15) is 30.1 Å². The van der Waals surface area contributed by atoms with Gasteiger partial charge >= 0.3 is 5.97 Å². The topological polar surface area (TPSA) is 72.6 Å². The van der Waals surface area contributed by atoms with Gasteiger partial charge in [-0.05, 0) is 24.6 Å². The lowest BCUT2D eigenvalue weighted by atomic mass is 9.89.